The highest BCUT2D eigenvalue weighted by Crippen LogP contribution is 2.49. The highest BCUT2D eigenvalue weighted by Gasteiger charge is 2.47. The van der Waals surface area contributed by atoms with Crippen molar-refractivity contribution >= 4 is 5.91 Å². The number of nitrogens with zero attached hydrogens (tertiary/aromatic N) is 2. The molecule has 2 aliphatic carbocycles. The van der Waals surface area contributed by atoms with Crippen molar-refractivity contribution in [2.24, 2.45) is 17.8 Å². The van der Waals surface area contributed by atoms with E-state index in [1.807, 2.05) is 7.11 Å². The summed E-state index contributed by atoms with van der Waals surface area (Å²) in [6.45, 7) is 5.43. The average molecular weight is 319 g/mol. The number of likely N-dealkylation sites (tertiary alicyclic amines) is 1. The van der Waals surface area contributed by atoms with Gasteiger partial charge in [-0.25, -0.2) is 0 Å². The summed E-state index contributed by atoms with van der Waals surface area (Å²) in [5, 5.41) is 12.7. The molecule has 0 aromatic rings. The number of hydrogen-bond donors (Lipinski definition) is 1. The monoisotopic (exact) mass is 319 g/mol. The maximum Gasteiger partial charge on any atom is 0.237 e. The molecule has 5 heteroatoms. The Morgan fingerprint density at radius 1 is 1.35 bits per heavy atom. The lowest BCUT2D eigenvalue weighted by molar-refractivity contribution is -0.130. The Labute approximate surface area is 139 Å². The molecule has 6 atom stereocenters. The third-order valence-electron chi connectivity index (χ3n) is 6.20. The minimum atomic E-state index is -0.238. The van der Waals surface area contributed by atoms with E-state index in [1.54, 1.807) is 4.90 Å². The van der Waals surface area contributed by atoms with E-state index in [2.05, 4.69) is 25.2 Å². The van der Waals surface area contributed by atoms with Crippen molar-refractivity contribution in [2.75, 3.05) is 20.2 Å². The van der Waals surface area contributed by atoms with Gasteiger partial charge in [-0.2, -0.15) is 5.26 Å². The molecule has 1 aliphatic heterocycles. The molecule has 0 bridgehead atoms. The molecule has 0 unspecified atom stereocenters. The number of hydrogen-bond acceptors (Lipinski definition) is 4. The SMILES string of the molecule is CO[C@@H]1C[C@@H]2C[C@@](C)(NCC(=O)N3C[C@@H](C)C[C@H]3C#N)C[C@@H]2C1. The average Bonchev–Trinajstić information content (AvgIpc) is 3.15. The van der Waals surface area contributed by atoms with Gasteiger partial charge < -0.3 is 15.0 Å². The van der Waals surface area contributed by atoms with E-state index in [-0.39, 0.29) is 17.5 Å². The summed E-state index contributed by atoms with van der Waals surface area (Å²) in [6.07, 6.45) is 5.81. The first-order valence-corrected chi connectivity index (χ1v) is 8.91. The first kappa shape index (κ1) is 16.7. The first-order chi connectivity index (χ1) is 10.9. The maximum atomic E-state index is 12.5. The van der Waals surface area contributed by atoms with Crippen molar-refractivity contribution in [2.45, 2.75) is 63.6 Å². The van der Waals surface area contributed by atoms with Gasteiger partial charge in [0, 0.05) is 19.2 Å². The predicted molar refractivity (Wildman–Crippen MR) is 87.5 cm³/mol. The van der Waals surface area contributed by atoms with Crippen LogP contribution in [0.5, 0.6) is 0 Å². The molecular weight excluding hydrogens is 290 g/mol. The summed E-state index contributed by atoms with van der Waals surface area (Å²) in [5.41, 5.74) is 0.0528. The first-order valence-electron chi connectivity index (χ1n) is 8.91. The number of carbonyl (C=O) groups is 1. The minimum Gasteiger partial charge on any atom is -0.381 e. The molecule has 2 saturated carbocycles. The Bertz CT molecular complexity index is 487. The van der Waals surface area contributed by atoms with Gasteiger partial charge in [0.2, 0.25) is 5.91 Å². The van der Waals surface area contributed by atoms with Gasteiger partial charge in [0.15, 0.2) is 0 Å². The van der Waals surface area contributed by atoms with Crippen LogP contribution in [0.2, 0.25) is 0 Å². The zero-order valence-electron chi connectivity index (χ0n) is 14.5. The molecule has 1 saturated heterocycles. The van der Waals surface area contributed by atoms with E-state index in [1.165, 1.54) is 0 Å². The van der Waals surface area contributed by atoms with Crippen LogP contribution in [0, 0.1) is 29.1 Å². The van der Waals surface area contributed by atoms with E-state index in [4.69, 9.17) is 4.74 Å². The lowest BCUT2D eigenvalue weighted by Gasteiger charge is -2.29. The number of nitriles is 1. The van der Waals surface area contributed by atoms with Gasteiger partial charge in [-0.1, -0.05) is 6.92 Å². The summed E-state index contributed by atoms with van der Waals surface area (Å²) >= 11 is 0. The number of rotatable bonds is 4. The standard InChI is InChI=1S/C18H29N3O2/c1-12-4-15(9-19)21(11-12)17(22)10-20-18(2)7-13-5-16(23-3)6-14(13)8-18/h12-16,20H,4-8,10-11H2,1-3H3/t12-,13-,14+,15-,16-,18-/m0/s1. The van der Waals surface area contributed by atoms with E-state index in [0.29, 0.717) is 18.6 Å². The second-order valence-electron chi connectivity index (χ2n) is 8.20. The van der Waals surface area contributed by atoms with Gasteiger partial charge in [-0.05, 0) is 56.8 Å². The summed E-state index contributed by atoms with van der Waals surface area (Å²) in [4.78, 5) is 14.3. The van der Waals surface area contributed by atoms with Crippen molar-refractivity contribution in [1.29, 1.82) is 5.26 Å². The largest absolute Gasteiger partial charge is 0.381 e. The smallest absolute Gasteiger partial charge is 0.237 e. The zero-order valence-corrected chi connectivity index (χ0v) is 14.5. The van der Waals surface area contributed by atoms with Crippen LogP contribution in [0.3, 0.4) is 0 Å². The molecule has 128 valence electrons. The molecule has 0 radical (unpaired) electrons. The van der Waals surface area contributed by atoms with E-state index in [0.717, 1.165) is 50.5 Å². The Kier molecular flexibility index (Phi) is 4.66. The second-order valence-corrected chi connectivity index (χ2v) is 8.20. The summed E-state index contributed by atoms with van der Waals surface area (Å²) in [6, 6.07) is 2.03. The predicted octanol–water partition coefficient (Wildman–Crippen LogP) is 1.93. The molecule has 3 fully saturated rings. The Morgan fingerprint density at radius 2 is 2.00 bits per heavy atom. The number of nitrogens with one attached hydrogen (secondary N) is 1. The van der Waals surface area contributed by atoms with Crippen molar-refractivity contribution in [1.82, 2.24) is 10.2 Å². The molecule has 1 heterocycles. The number of ether oxygens (including phenoxy) is 1. The lowest BCUT2D eigenvalue weighted by Crippen LogP contribution is -2.48. The fraction of sp³-hybridized carbons (Fsp3) is 0.889. The third-order valence-corrected chi connectivity index (χ3v) is 6.20. The summed E-state index contributed by atoms with van der Waals surface area (Å²) in [5.74, 6) is 1.96. The third kappa shape index (κ3) is 3.39. The molecule has 0 aromatic carbocycles. The Hall–Kier alpha value is -1.12. The molecule has 3 rings (SSSR count). The van der Waals surface area contributed by atoms with Crippen molar-refractivity contribution < 1.29 is 9.53 Å². The molecule has 1 N–H and O–H groups in total. The van der Waals surface area contributed by atoms with Crippen LogP contribution >= 0.6 is 0 Å². The Morgan fingerprint density at radius 3 is 2.57 bits per heavy atom. The van der Waals surface area contributed by atoms with Gasteiger partial charge in [0.05, 0.1) is 18.7 Å². The molecule has 3 aliphatic rings. The van der Waals surface area contributed by atoms with Gasteiger partial charge in [0.25, 0.3) is 0 Å². The van der Waals surface area contributed by atoms with Crippen molar-refractivity contribution in [3.63, 3.8) is 0 Å². The summed E-state index contributed by atoms with van der Waals surface area (Å²) < 4.78 is 5.50. The molecular formula is C18H29N3O2. The molecule has 1 amide bonds. The highest BCUT2D eigenvalue weighted by molar-refractivity contribution is 5.79. The Balaban J connectivity index is 1.51. The van der Waals surface area contributed by atoms with E-state index >= 15 is 0 Å². The number of amides is 1. The number of carbonyl (C=O) groups excluding carboxylic acids is 1. The van der Waals surface area contributed by atoms with Crippen molar-refractivity contribution in [3.05, 3.63) is 0 Å². The molecule has 23 heavy (non-hydrogen) atoms. The fourth-order valence-electron chi connectivity index (χ4n) is 5.07. The topological polar surface area (TPSA) is 65.4 Å². The van der Waals surface area contributed by atoms with Crippen LogP contribution in [0.25, 0.3) is 0 Å². The van der Waals surface area contributed by atoms with Crippen LogP contribution in [-0.2, 0) is 9.53 Å². The van der Waals surface area contributed by atoms with Crippen LogP contribution in [0.15, 0.2) is 0 Å². The van der Waals surface area contributed by atoms with Gasteiger partial charge in [0.1, 0.15) is 6.04 Å². The number of fused-ring (bicyclic) bond motifs is 1. The highest BCUT2D eigenvalue weighted by atomic mass is 16.5. The lowest BCUT2D eigenvalue weighted by atomic mass is 9.95. The van der Waals surface area contributed by atoms with E-state index < -0.39 is 0 Å². The maximum absolute atomic E-state index is 12.5. The fourth-order valence-corrected chi connectivity index (χ4v) is 5.07. The van der Waals surface area contributed by atoms with Gasteiger partial charge >= 0.3 is 0 Å². The number of methoxy groups -OCH3 is 1. The van der Waals surface area contributed by atoms with E-state index in [9.17, 15) is 10.1 Å². The van der Waals surface area contributed by atoms with Crippen LogP contribution in [0.1, 0.15) is 46.0 Å². The quantitative estimate of drug-likeness (QED) is 0.860. The van der Waals surface area contributed by atoms with Crippen LogP contribution in [-0.4, -0.2) is 48.7 Å². The molecule has 5 nitrogen and oxygen atoms in total. The van der Waals surface area contributed by atoms with Crippen LogP contribution < -0.4 is 5.32 Å². The normalized spacial score (nSPS) is 42.7. The zero-order chi connectivity index (χ0) is 16.6. The molecule has 0 spiro atoms. The summed E-state index contributed by atoms with van der Waals surface area (Å²) in [7, 11) is 1.81. The van der Waals surface area contributed by atoms with Gasteiger partial charge in [-0.15, -0.1) is 0 Å². The van der Waals surface area contributed by atoms with Crippen LogP contribution in [0.4, 0.5) is 0 Å². The molecule has 0 aromatic heterocycles. The van der Waals surface area contributed by atoms with Crippen molar-refractivity contribution in [3.8, 4) is 6.07 Å². The minimum absolute atomic E-state index is 0.0528. The second kappa shape index (κ2) is 6.41. The van der Waals surface area contributed by atoms with Gasteiger partial charge in [-0.3, -0.25) is 4.79 Å².